The average molecular weight is 418 g/mol. The van der Waals surface area contributed by atoms with Crippen LogP contribution in [-0.2, 0) is 6.42 Å². The lowest BCUT2D eigenvalue weighted by atomic mass is 10.1. The molecule has 2 aromatic rings. The lowest BCUT2D eigenvalue weighted by Gasteiger charge is -2.14. The van der Waals surface area contributed by atoms with Gasteiger partial charge in [0.2, 0.25) is 0 Å². The first kappa shape index (κ1) is 18.7. The number of hydrogen-bond acceptors (Lipinski definition) is 2. The second-order valence-electron chi connectivity index (χ2n) is 4.87. The van der Waals surface area contributed by atoms with Crippen LogP contribution in [0.3, 0.4) is 0 Å². The Balaban J connectivity index is 2.09. The highest BCUT2D eigenvalue weighted by Gasteiger charge is 2.29. The number of thioether (sulfide) groups is 1. The van der Waals surface area contributed by atoms with Crippen LogP contribution in [0.25, 0.3) is 0 Å². The molecule has 3 nitrogen and oxygen atoms in total. The summed E-state index contributed by atoms with van der Waals surface area (Å²) in [5, 5.41) is 13.6. The van der Waals surface area contributed by atoms with E-state index in [4.69, 9.17) is 5.41 Å². The van der Waals surface area contributed by atoms with Crippen molar-refractivity contribution in [3.05, 3.63) is 52.5 Å². The van der Waals surface area contributed by atoms with Gasteiger partial charge < -0.3 is 10.6 Å². The monoisotopic (exact) mass is 417 g/mol. The molecule has 0 amide bonds. The van der Waals surface area contributed by atoms with E-state index in [1.165, 1.54) is 18.2 Å². The van der Waals surface area contributed by atoms with Gasteiger partial charge in [0.25, 0.3) is 0 Å². The van der Waals surface area contributed by atoms with Crippen LogP contribution >= 0.6 is 27.7 Å². The number of benzene rings is 2. The first-order valence-electron chi connectivity index (χ1n) is 7.03. The van der Waals surface area contributed by atoms with Crippen LogP contribution in [0.1, 0.15) is 12.5 Å². The highest BCUT2D eigenvalue weighted by Crippen LogP contribution is 2.39. The van der Waals surface area contributed by atoms with Crippen LogP contribution in [0.4, 0.5) is 24.5 Å². The molecule has 0 spiro atoms. The van der Waals surface area contributed by atoms with Gasteiger partial charge in [0.15, 0.2) is 5.96 Å². The van der Waals surface area contributed by atoms with E-state index < -0.39 is 5.51 Å². The Kier molecular flexibility index (Phi) is 6.17. The maximum atomic E-state index is 12.5. The van der Waals surface area contributed by atoms with Gasteiger partial charge in [-0.3, -0.25) is 5.41 Å². The van der Waals surface area contributed by atoms with Gasteiger partial charge in [-0.05, 0) is 70.0 Å². The highest BCUT2D eigenvalue weighted by molar-refractivity contribution is 9.10. The Hall–Kier alpha value is -1.67. The number of halogens is 4. The Morgan fingerprint density at radius 3 is 2.58 bits per heavy atom. The van der Waals surface area contributed by atoms with Gasteiger partial charge in [-0.2, -0.15) is 13.2 Å². The van der Waals surface area contributed by atoms with E-state index in [0.29, 0.717) is 10.2 Å². The summed E-state index contributed by atoms with van der Waals surface area (Å²) in [6.45, 7) is 2.03. The smallest absolute Gasteiger partial charge is 0.326 e. The van der Waals surface area contributed by atoms with E-state index in [1.807, 2.05) is 31.2 Å². The lowest BCUT2D eigenvalue weighted by molar-refractivity contribution is -0.0328. The minimum atomic E-state index is -4.35. The zero-order valence-corrected chi connectivity index (χ0v) is 15.1. The van der Waals surface area contributed by atoms with Gasteiger partial charge in [0, 0.05) is 15.1 Å². The van der Waals surface area contributed by atoms with E-state index in [9.17, 15) is 13.2 Å². The summed E-state index contributed by atoms with van der Waals surface area (Å²) in [5.41, 5.74) is -2.10. The fourth-order valence-corrected chi connectivity index (χ4v) is 2.90. The predicted molar refractivity (Wildman–Crippen MR) is 96.8 cm³/mol. The molecule has 0 unspecified atom stereocenters. The third kappa shape index (κ3) is 5.76. The molecule has 0 radical (unpaired) electrons. The summed E-state index contributed by atoms with van der Waals surface area (Å²) < 4.78 is 38.0. The van der Waals surface area contributed by atoms with Crippen LogP contribution in [-0.4, -0.2) is 11.5 Å². The van der Waals surface area contributed by atoms with Crippen LogP contribution in [0.5, 0.6) is 0 Å². The Morgan fingerprint density at radius 1 is 1.17 bits per heavy atom. The van der Waals surface area contributed by atoms with E-state index in [2.05, 4.69) is 26.6 Å². The summed E-state index contributed by atoms with van der Waals surface area (Å²) in [5.74, 6) is -0.0295. The summed E-state index contributed by atoms with van der Waals surface area (Å²) in [4.78, 5) is 0.0500. The zero-order chi connectivity index (χ0) is 17.7. The van der Waals surface area contributed by atoms with E-state index in [1.54, 1.807) is 0 Å². The Labute approximate surface area is 150 Å². The minimum absolute atomic E-state index is 0.0295. The topological polar surface area (TPSA) is 47.9 Å². The molecule has 3 N–H and O–H groups in total. The largest absolute Gasteiger partial charge is 0.446 e. The summed E-state index contributed by atoms with van der Waals surface area (Å²) in [6, 6.07) is 11.8. The quantitative estimate of drug-likeness (QED) is 0.320. The molecule has 0 saturated carbocycles. The van der Waals surface area contributed by atoms with E-state index >= 15 is 0 Å². The molecule has 128 valence electrons. The van der Waals surface area contributed by atoms with Crippen LogP contribution in [0.15, 0.2) is 51.8 Å². The first-order valence-corrected chi connectivity index (χ1v) is 8.64. The maximum absolute atomic E-state index is 12.5. The van der Waals surface area contributed by atoms with Gasteiger partial charge in [-0.15, -0.1) is 0 Å². The number of anilines is 2. The molecule has 2 aromatic carbocycles. The maximum Gasteiger partial charge on any atom is 0.446 e. The van der Waals surface area contributed by atoms with Crippen molar-refractivity contribution in [1.29, 1.82) is 5.41 Å². The highest BCUT2D eigenvalue weighted by atomic mass is 79.9. The second-order valence-corrected chi connectivity index (χ2v) is 6.86. The van der Waals surface area contributed by atoms with Crippen LogP contribution in [0.2, 0.25) is 0 Å². The van der Waals surface area contributed by atoms with Crippen LogP contribution < -0.4 is 10.6 Å². The molecule has 0 atom stereocenters. The number of rotatable bonds is 4. The van der Waals surface area contributed by atoms with Gasteiger partial charge in [-0.25, -0.2) is 0 Å². The molecule has 8 heteroatoms. The Morgan fingerprint density at radius 2 is 1.92 bits per heavy atom. The van der Waals surface area contributed by atoms with Crippen molar-refractivity contribution < 1.29 is 13.2 Å². The van der Waals surface area contributed by atoms with Crippen molar-refractivity contribution in [2.75, 3.05) is 10.6 Å². The van der Waals surface area contributed by atoms with Crippen LogP contribution in [0, 0.1) is 5.41 Å². The molecule has 0 saturated heterocycles. The van der Waals surface area contributed by atoms with Gasteiger partial charge in [0.1, 0.15) is 0 Å². The molecule has 0 bridgehead atoms. The SMILES string of the molecule is CCc1cccc(NC(=N)Nc2cc(SC(F)(F)F)ccc2Br)c1. The molecule has 24 heavy (non-hydrogen) atoms. The van der Waals surface area contributed by atoms with Gasteiger partial charge in [0.05, 0.1) is 5.69 Å². The number of nitrogens with one attached hydrogen (secondary N) is 3. The minimum Gasteiger partial charge on any atom is -0.326 e. The Bertz CT molecular complexity index is 735. The molecule has 0 aromatic heterocycles. The third-order valence-electron chi connectivity index (χ3n) is 3.04. The van der Waals surface area contributed by atoms with Crippen molar-refractivity contribution in [2.45, 2.75) is 23.7 Å². The number of hydrogen-bond donors (Lipinski definition) is 3. The molecular formula is C16H15BrF3N3S. The van der Waals surface area contributed by atoms with Crippen molar-refractivity contribution in [3.8, 4) is 0 Å². The van der Waals surface area contributed by atoms with Crippen molar-refractivity contribution in [2.24, 2.45) is 0 Å². The third-order valence-corrected chi connectivity index (χ3v) is 4.45. The molecule has 0 fully saturated rings. The van der Waals surface area contributed by atoms with Gasteiger partial charge >= 0.3 is 5.51 Å². The number of guanidine groups is 1. The number of aryl methyl sites for hydroxylation is 1. The molecule has 0 aliphatic heterocycles. The fourth-order valence-electron chi connectivity index (χ4n) is 1.98. The standard InChI is InChI=1S/C16H15BrF3N3S/c1-2-10-4-3-5-11(8-10)22-15(21)23-14-9-12(6-7-13(14)17)24-16(18,19)20/h3-9H,2H2,1H3,(H3,21,22,23). The average Bonchev–Trinajstić information content (AvgIpc) is 2.49. The first-order chi connectivity index (χ1) is 11.3. The van der Waals surface area contributed by atoms with E-state index in [0.717, 1.165) is 17.7 Å². The summed E-state index contributed by atoms with van der Waals surface area (Å²) in [7, 11) is 0. The molecule has 0 aliphatic rings. The predicted octanol–water partition coefficient (Wildman–Crippen LogP) is 6.08. The molecule has 0 heterocycles. The summed E-state index contributed by atoms with van der Waals surface area (Å²) in [6.07, 6.45) is 0.874. The molecule has 0 aliphatic carbocycles. The van der Waals surface area contributed by atoms with Crippen molar-refractivity contribution >= 4 is 45.0 Å². The molecule has 2 rings (SSSR count). The summed E-state index contributed by atoms with van der Waals surface area (Å²) >= 11 is 3.08. The molecular weight excluding hydrogens is 403 g/mol. The van der Waals surface area contributed by atoms with E-state index in [-0.39, 0.29) is 22.6 Å². The lowest BCUT2D eigenvalue weighted by Crippen LogP contribution is -2.20. The number of alkyl halides is 3. The zero-order valence-electron chi connectivity index (χ0n) is 12.7. The second kappa shape index (κ2) is 7.94. The van der Waals surface area contributed by atoms with Crippen molar-refractivity contribution in [1.82, 2.24) is 0 Å². The fraction of sp³-hybridized carbons (Fsp3) is 0.188. The van der Waals surface area contributed by atoms with Gasteiger partial charge in [-0.1, -0.05) is 19.1 Å². The normalized spacial score (nSPS) is 11.2. The van der Waals surface area contributed by atoms with Crippen molar-refractivity contribution in [3.63, 3.8) is 0 Å².